The van der Waals surface area contributed by atoms with Crippen molar-refractivity contribution in [1.82, 2.24) is 20.1 Å². The minimum atomic E-state index is -0.192. The second-order valence-electron chi connectivity index (χ2n) is 7.78. The summed E-state index contributed by atoms with van der Waals surface area (Å²) < 4.78 is 6.02. The number of nitrogens with zero attached hydrogens (tertiary/aromatic N) is 2. The largest absolute Gasteiger partial charge is 0.372 e. The van der Waals surface area contributed by atoms with Gasteiger partial charge in [-0.25, -0.2) is 0 Å². The average molecular weight is 402 g/mol. The summed E-state index contributed by atoms with van der Waals surface area (Å²) >= 11 is 0. The Morgan fingerprint density at radius 2 is 2.07 bits per heavy atom. The van der Waals surface area contributed by atoms with Crippen molar-refractivity contribution in [1.29, 1.82) is 0 Å². The highest BCUT2D eigenvalue weighted by Gasteiger charge is 2.28. The van der Waals surface area contributed by atoms with Crippen LogP contribution in [0.5, 0.6) is 0 Å². The Morgan fingerprint density at radius 3 is 2.90 bits per heavy atom. The Hall–Kier alpha value is -3.45. The molecular formula is C23H22N4O3. The number of fused-ring (bicyclic) bond motifs is 3. The van der Waals surface area contributed by atoms with Crippen LogP contribution in [-0.4, -0.2) is 45.2 Å². The standard InChI is InChI=1S/C23H22N4O3/c1-14-9-20-18(21-19(11-24-26-21)22(28)25-20)10-17(14)23(29)27-8-7-16(12-27)30-13-15-5-3-2-4-6-15/h2-6,9-11,16H,7-8,12-13H2,1H3,(H,24,26)(H,25,28). The molecular weight excluding hydrogens is 380 g/mol. The summed E-state index contributed by atoms with van der Waals surface area (Å²) in [6.07, 6.45) is 2.36. The van der Waals surface area contributed by atoms with Crippen LogP contribution >= 0.6 is 0 Å². The molecule has 7 heteroatoms. The summed E-state index contributed by atoms with van der Waals surface area (Å²) in [5.41, 5.74) is 3.74. The van der Waals surface area contributed by atoms with Crippen LogP contribution in [0.2, 0.25) is 0 Å². The molecule has 1 aliphatic heterocycles. The van der Waals surface area contributed by atoms with E-state index in [0.717, 1.165) is 22.9 Å². The van der Waals surface area contributed by atoms with Crippen LogP contribution in [0.3, 0.4) is 0 Å². The molecule has 0 bridgehead atoms. The molecule has 1 unspecified atom stereocenters. The third-order valence-corrected chi connectivity index (χ3v) is 5.76. The fraction of sp³-hybridized carbons (Fsp3) is 0.261. The lowest BCUT2D eigenvalue weighted by molar-refractivity contribution is 0.0437. The minimum absolute atomic E-state index is 0.0147. The zero-order valence-electron chi connectivity index (χ0n) is 16.6. The predicted octanol–water partition coefficient (Wildman–Crippen LogP) is 3.14. The number of carbonyl (C=O) groups excluding carboxylic acids is 1. The van der Waals surface area contributed by atoms with Gasteiger partial charge in [-0.1, -0.05) is 30.3 Å². The molecule has 0 saturated carbocycles. The van der Waals surface area contributed by atoms with Crippen LogP contribution in [0.1, 0.15) is 27.9 Å². The number of aromatic amines is 2. The number of rotatable bonds is 4. The quantitative estimate of drug-likeness (QED) is 0.549. The van der Waals surface area contributed by atoms with E-state index in [9.17, 15) is 9.59 Å². The second-order valence-corrected chi connectivity index (χ2v) is 7.78. The molecule has 30 heavy (non-hydrogen) atoms. The van der Waals surface area contributed by atoms with Gasteiger partial charge in [0.1, 0.15) is 0 Å². The number of hydrogen-bond acceptors (Lipinski definition) is 4. The first-order chi connectivity index (χ1) is 14.6. The average Bonchev–Trinajstić information content (AvgIpc) is 3.43. The van der Waals surface area contributed by atoms with Crippen molar-refractivity contribution in [3.05, 3.63) is 75.7 Å². The van der Waals surface area contributed by atoms with Crippen molar-refractivity contribution in [2.75, 3.05) is 13.1 Å². The van der Waals surface area contributed by atoms with Gasteiger partial charge in [0, 0.05) is 24.0 Å². The summed E-state index contributed by atoms with van der Waals surface area (Å²) in [6.45, 7) is 3.68. The van der Waals surface area contributed by atoms with E-state index in [0.29, 0.717) is 41.7 Å². The first kappa shape index (κ1) is 18.6. The van der Waals surface area contributed by atoms with Gasteiger partial charge in [0.25, 0.3) is 11.5 Å². The highest BCUT2D eigenvalue weighted by atomic mass is 16.5. The normalized spacial score (nSPS) is 16.6. The minimum Gasteiger partial charge on any atom is -0.372 e. The van der Waals surface area contributed by atoms with Gasteiger partial charge < -0.3 is 14.6 Å². The first-order valence-corrected chi connectivity index (χ1v) is 10.0. The maximum absolute atomic E-state index is 13.2. The maximum Gasteiger partial charge on any atom is 0.259 e. The Balaban J connectivity index is 1.37. The van der Waals surface area contributed by atoms with Crippen molar-refractivity contribution in [2.24, 2.45) is 0 Å². The lowest BCUT2D eigenvalue weighted by Gasteiger charge is -2.18. The monoisotopic (exact) mass is 402 g/mol. The molecule has 0 radical (unpaired) electrons. The van der Waals surface area contributed by atoms with E-state index in [-0.39, 0.29) is 17.6 Å². The van der Waals surface area contributed by atoms with Crippen molar-refractivity contribution in [2.45, 2.75) is 26.1 Å². The molecule has 1 atom stereocenters. The summed E-state index contributed by atoms with van der Waals surface area (Å²) in [5, 5.41) is 8.14. The zero-order valence-corrected chi connectivity index (χ0v) is 16.6. The van der Waals surface area contributed by atoms with Gasteiger partial charge in [-0.05, 0) is 36.6 Å². The highest BCUT2D eigenvalue weighted by Crippen LogP contribution is 2.25. The molecule has 7 nitrogen and oxygen atoms in total. The number of nitrogens with one attached hydrogen (secondary N) is 2. The van der Waals surface area contributed by atoms with Crippen molar-refractivity contribution < 1.29 is 9.53 Å². The van der Waals surface area contributed by atoms with Crippen molar-refractivity contribution in [3.63, 3.8) is 0 Å². The molecule has 2 aromatic heterocycles. The molecule has 0 spiro atoms. The Kier molecular flexibility index (Phi) is 4.59. The number of amides is 1. The molecule has 152 valence electrons. The van der Waals surface area contributed by atoms with Crippen LogP contribution in [-0.2, 0) is 11.3 Å². The number of hydrogen-bond donors (Lipinski definition) is 2. The topological polar surface area (TPSA) is 91.1 Å². The number of H-pyrrole nitrogens is 2. The van der Waals surface area contributed by atoms with Crippen LogP contribution < -0.4 is 5.56 Å². The molecule has 1 amide bonds. The molecule has 2 aromatic carbocycles. The van der Waals surface area contributed by atoms with E-state index in [2.05, 4.69) is 15.2 Å². The zero-order chi connectivity index (χ0) is 20.7. The molecule has 2 N–H and O–H groups in total. The predicted molar refractivity (Wildman–Crippen MR) is 114 cm³/mol. The molecule has 5 rings (SSSR count). The van der Waals surface area contributed by atoms with Gasteiger partial charge in [0.05, 0.1) is 35.3 Å². The van der Waals surface area contributed by atoms with E-state index in [1.807, 2.05) is 54.3 Å². The molecule has 3 heterocycles. The molecule has 0 aliphatic carbocycles. The van der Waals surface area contributed by atoms with E-state index in [1.54, 1.807) is 0 Å². The summed E-state index contributed by atoms with van der Waals surface area (Å²) in [6, 6.07) is 13.8. The molecule has 1 aliphatic rings. The number of carbonyl (C=O) groups is 1. The highest BCUT2D eigenvalue weighted by molar-refractivity contribution is 6.07. The fourth-order valence-corrected chi connectivity index (χ4v) is 4.11. The van der Waals surface area contributed by atoms with E-state index < -0.39 is 0 Å². The number of aromatic nitrogens is 3. The third kappa shape index (κ3) is 3.27. The van der Waals surface area contributed by atoms with Crippen molar-refractivity contribution in [3.8, 4) is 0 Å². The number of likely N-dealkylation sites (tertiary alicyclic amines) is 1. The van der Waals surface area contributed by atoms with Crippen molar-refractivity contribution >= 4 is 27.7 Å². The van der Waals surface area contributed by atoms with E-state index in [1.165, 1.54) is 6.20 Å². The van der Waals surface area contributed by atoms with Gasteiger partial charge in [0.15, 0.2) is 0 Å². The lowest BCUT2D eigenvalue weighted by Crippen LogP contribution is -2.30. The number of pyridine rings is 1. The van der Waals surface area contributed by atoms with Gasteiger partial charge in [-0.3, -0.25) is 14.7 Å². The smallest absolute Gasteiger partial charge is 0.259 e. The van der Waals surface area contributed by atoms with Crippen LogP contribution in [0.4, 0.5) is 0 Å². The molecule has 4 aromatic rings. The lowest BCUT2D eigenvalue weighted by atomic mass is 10.0. The molecule has 1 saturated heterocycles. The third-order valence-electron chi connectivity index (χ3n) is 5.76. The van der Waals surface area contributed by atoms with Crippen LogP contribution in [0, 0.1) is 6.92 Å². The van der Waals surface area contributed by atoms with Gasteiger partial charge in [-0.15, -0.1) is 0 Å². The first-order valence-electron chi connectivity index (χ1n) is 10.0. The van der Waals surface area contributed by atoms with Crippen LogP contribution in [0.15, 0.2) is 53.5 Å². The Bertz CT molecular complexity index is 1290. The van der Waals surface area contributed by atoms with E-state index >= 15 is 0 Å². The summed E-state index contributed by atoms with van der Waals surface area (Å²) in [4.78, 5) is 30.2. The van der Waals surface area contributed by atoms with E-state index in [4.69, 9.17) is 4.74 Å². The second kappa shape index (κ2) is 7.42. The van der Waals surface area contributed by atoms with Gasteiger partial charge >= 0.3 is 0 Å². The Morgan fingerprint density at radius 1 is 1.23 bits per heavy atom. The maximum atomic E-state index is 13.2. The fourth-order valence-electron chi connectivity index (χ4n) is 4.11. The summed E-state index contributed by atoms with van der Waals surface area (Å²) in [5.74, 6) is -0.0147. The summed E-state index contributed by atoms with van der Waals surface area (Å²) in [7, 11) is 0. The van der Waals surface area contributed by atoms with Gasteiger partial charge in [-0.2, -0.15) is 5.10 Å². The number of aryl methyl sites for hydroxylation is 1. The SMILES string of the molecule is Cc1cc2[nH]c(=O)c3cn[nH]c3c2cc1C(=O)N1CCC(OCc2ccccc2)C1. The van der Waals surface area contributed by atoms with Crippen LogP contribution in [0.25, 0.3) is 21.8 Å². The van der Waals surface area contributed by atoms with Gasteiger partial charge in [0.2, 0.25) is 0 Å². The molecule has 1 fully saturated rings. The Labute approximate surface area is 172 Å². The number of ether oxygens (including phenoxy) is 1. The number of benzene rings is 2.